The number of carbonyl (C=O) groups excluding carboxylic acids is 1. The van der Waals surface area contributed by atoms with E-state index in [1.54, 1.807) is 20.5 Å². The fourth-order valence-electron chi connectivity index (χ4n) is 4.14. The van der Waals surface area contributed by atoms with Crippen LogP contribution in [0.25, 0.3) is 0 Å². The molecule has 0 radical (unpaired) electrons. The van der Waals surface area contributed by atoms with Crippen LogP contribution < -0.4 is 9.47 Å². The van der Waals surface area contributed by atoms with Crippen molar-refractivity contribution in [3.8, 4) is 11.5 Å². The summed E-state index contributed by atoms with van der Waals surface area (Å²) < 4.78 is 16.4. The zero-order chi connectivity index (χ0) is 19.4. The van der Waals surface area contributed by atoms with Crippen LogP contribution in [0, 0.1) is 0 Å². The van der Waals surface area contributed by atoms with Gasteiger partial charge in [0.1, 0.15) is 5.76 Å². The number of hydrogen-bond donors (Lipinski definition) is 0. The van der Waals surface area contributed by atoms with Crippen molar-refractivity contribution in [3.05, 3.63) is 47.4 Å². The number of ether oxygens (including phenoxy) is 2. The van der Waals surface area contributed by atoms with E-state index in [9.17, 15) is 4.79 Å². The number of nitrogens with zero attached hydrogens (tertiary/aromatic N) is 1. The zero-order valence-electron chi connectivity index (χ0n) is 16.7. The number of methoxy groups -OCH3 is 2. The summed E-state index contributed by atoms with van der Waals surface area (Å²) in [5.41, 5.74) is 1.52. The van der Waals surface area contributed by atoms with Crippen LogP contribution >= 0.6 is 0 Å². The lowest BCUT2D eigenvalue weighted by molar-refractivity contribution is -0.138. The number of benzene rings is 1. The normalized spacial score (nSPS) is 14.4. The molecule has 0 aliphatic carbocycles. The molecule has 1 aliphatic rings. The van der Waals surface area contributed by atoms with Crippen molar-refractivity contribution in [2.24, 2.45) is 0 Å². The molecule has 2 heterocycles. The lowest BCUT2D eigenvalue weighted by Gasteiger charge is -2.36. The first-order valence-corrected chi connectivity index (χ1v) is 9.66. The molecule has 0 unspecified atom stereocenters. The summed E-state index contributed by atoms with van der Waals surface area (Å²) in [6.07, 6.45) is 4.98. The van der Waals surface area contributed by atoms with Crippen LogP contribution in [-0.2, 0) is 23.2 Å². The van der Waals surface area contributed by atoms with Crippen molar-refractivity contribution in [2.45, 2.75) is 51.5 Å². The maximum absolute atomic E-state index is 13.7. The first kappa shape index (κ1) is 19.3. The van der Waals surface area contributed by atoms with Gasteiger partial charge >= 0.3 is 0 Å². The summed E-state index contributed by atoms with van der Waals surface area (Å²) in [4.78, 5) is 15.7. The minimum Gasteiger partial charge on any atom is -0.493 e. The summed E-state index contributed by atoms with van der Waals surface area (Å²) in [6, 6.07) is 7.81. The van der Waals surface area contributed by atoms with Gasteiger partial charge in [-0.2, -0.15) is 0 Å². The summed E-state index contributed by atoms with van der Waals surface area (Å²) in [6.45, 7) is 5.52. The molecule has 0 spiro atoms. The van der Waals surface area contributed by atoms with Crippen LogP contribution in [0.3, 0.4) is 0 Å². The van der Waals surface area contributed by atoms with Crippen molar-refractivity contribution in [1.82, 2.24) is 4.90 Å². The molecular formula is C22H29NO4. The van der Waals surface area contributed by atoms with Crippen molar-refractivity contribution in [1.29, 1.82) is 0 Å². The maximum Gasteiger partial charge on any atom is 0.233 e. The average Bonchev–Trinajstić information content (AvgIpc) is 3.05. The molecule has 3 rings (SSSR count). The van der Waals surface area contributed by atoms with Gasteiger partial charge in [-0.3, -0.25) is 4.79 Å². The molecule has 1 amide bonds. The van der Waals surface area contributed by atoms with Crippen molar-refractivity contribution >= 4 is 5.91 Å². The third kappa shape index (κ3) is 3.43. The molecule has 1 aromatic heterocycles. The molecule has 0 bridgehead atoms. The Labute approximate surface area is 161 Å². The second kappa shape index (κ2) is 8.07. The SMILES string of the molecule is CCC(CC)(C(=O)N1CCCc2occc2C1)c1ccc(OC)c(OC)c1. The summed E-state index contributed by atoms with van der Waals surface area (Å²) in [7, 11) is 3.24. The largest absolute Gasteiger partial charge is 0.493 e. The lowest BCUT2D eigenvalue weighted by Crippen LogP contribution is -2.46. The molecule has 1 aliphatic heterocycles. The molecule has 0 N–H and O–H groups in total. The first-order valence-electron chi connectivity index (χ1n) is 9.66. The van der Waals surface area contributed by atoms with E-state index in [0.717, 1.165) is 49.1 Å². The van der Waals surface area contributed by atoms with E-state index in [0.29, 0.717) is 18.0 Å². The van der Waals surface area contributed by atoms with E-state index in [-0.39, 0.29) is 5.91 Å². The lowest BCUT2D eigenvalue weighted by atomic mass is 9.74. The monoisotopic (exact) mass is 371 g/mol. The Balaban J connectivity index is 1.97. The minimum absolute atomic E-state index is 0.175. The standard InChI is InChI=1S/C22H29NO4/c1-5-22(6-2,17-9-10-19(25-3)20(14-17)26-4)21(24)23-12-7-8-18-16(15-23)11-13-27-18/h9-11,13-14H,5-8,12,15H2,1-4H3. The van der Waals surface area contributed by atoms with Crippen molar-refractivity contribution < 1.29 is 18.7 Å². The number of hydrogen-bond acceptors (Lipinski definition) is 4. The van der Waals surface area contributed by atoms with Gasteiger partial charge in [0.2, 0.25) is 5.91 Å². The first-order chi connectivity index (χ1) is 13.1. The second-order valence-electron chi connectivity index (χ2n) is 7.06. The van der Waals surface area contributed by atoms with Crippen LogP contribution in [0.5, 0.6) is 11.5 Å². The van der Waals surface area contributed by atoms with Crippen molar-refractivity contribution in [3.63, 3.8) is 0 Å². The molecule has 5 nitrogen and oxygen atoms in total. The summed E-state index contributed by atoms with van der Waals surface area (Å²) in [5.74, 6) is 2.51. The number of amides is 1. The zero-order valence-corrected chi connectivity index (χ0v) is 16.7. The van der Waals surface area contributed by atoms with Crippen LogP contribution in [0.1, 0.15) is 50.0 Å². The molecular weight excluding hydrogens is 342 g/mol. The summed E-state index contributed by atoms with van der Waals surface area (Å²) in [5, 5.41) is 0. The predicted octanol–water partition coefficient (Wildman–Crippen LogP) is 4.33. The number of fused-ring (bicyclic) bond motifs is 1. The maximum atomic E-state index is 13.7. The Kier molecular flexibility index (Phi) is 5.78. The molecule has 1 aromatic carbocycles. The molecule has 2 aromatic rings. The highest BCUT2D eigenvalue weighted by Gasteiger charge is 2.40. The van der Waals surface area contributed by atoms with Gasteiger partial charge in [0, 0.05) is 25.1 Å². The van der Waals surface area contributed by atoms with E-state index < -0.39 is 5.41 Å². The van der Waals surface area contributed by atoms with Gasteiger partial charge in [-0.15, -0.1) is 0 Å². The topological polar surface area (TPSA) is 51.9 Å². The molecule has 5 heteroatoms. The number of aryl methyl sites for hydroxylation is 1. The molecule has 0 atom stereocenters. The Bertz CT molecular complexity index is 791. The van der Waals surface area contributed by atoms with E-state index in [2.05, 4.69) is 13.8 Å². The second-order valence-corrected chi connectivity index (χ2v) is 7.06. The van der Waals surface area contributed by atoms with Crippen molar-refractivity contribution in [2.75, 3.05) is 20.8 Å². The van der Waals surface area contributed by atoms with E-state index >= 15 is 0 Å². The predicted molar refractivity (Wildman–Crippen MR) is 104 cm³/mol. The highest BCUT2D eigenvalue weighted by molar-refractivity contribution is 5.88. The Hall–Kier alpha value is -2.43. The van der Waals surface area contributed by atoms with Crippen LogP contribution in [0.4, 0.5) is 0 Å². The fraction of sp³-hybridized carbons (Fsp3) is 0.500. The summed E-state index contributed by atoms with van der Waals surface area (Å²) >= 11 is 0. The van der Waals surface area contributed by atoms with Gasteiger partial charge in [-0.25, -0.2) is 0 Å². The third-order valence-electron chi connectivity index (χ3n) is 5.87. The van der Waals surface area contributed by atoms with E-state index in [1.165, 1.54) is 0 Å². The molecule has 0 saturated heterocycles. The van der Waals surface area contributed by atoms with Crippen LogP contribution in [0.2, 0.25) is 0 Å². The third-order valence-corrected chi connectivity index (χ3v) is 5.87. The molecule has 27 heavy (non-hydrogen) atoms. The number of rotatable bonds is 6. The highest BCUT2D eigenvalue weighted by atomic mass is 16.5. The van der Waals surface area contributed by atoms with Gasteiger partial charge in [0.05, 0.1) is 25.9 Å². The Morgan fingerprint density at radius 3 is 2.56 bits per heavy atom. The molecule has 0 fully saturated rings. The van der Waals surface area contributed by atoms with Gasteiger partial charge in [-0.1, -0.05) is 19.9 Å². The van der Waals surface area contributed by atoms with Crippen LogP contribution in [0.15, 0.2) is 34.9 Å². The molecule has 146 valence electrons. The Morgan fingerprint density at radius 1 is 1.15 bits per heavy atom. The van der Waals surface area contributed by atoms with Gasteiger partial charge in [0.15, 0.2) is 11.5 Å². The van der Waals surface area contributed by atoms with E-state index in [1.807, 2.05) is 29.2 Å². The minimum atomic E-state index is -0.576. The Morgan fingerprint density at radius 2 is 1.89 bits per heavy atom. The van der Waals surface area contributed by atoms with Crippen LogP contribution in [-0.4, -0.2) is 31.6 Å². The average molecular weight is 371 g/mol. The highest BCUT2D eigenvalue weighted by Crippen LogP contribution is 2.39. The van der Waals surface area contributed by atoms with E-state index in [4.69, 9.17) is 13.9 Å². The molecule has 0 saturated carbocycles. The quantitative estimate of drug-likeness (QED) is 0.758. The number of carbonyl (C=O) groups is 1. The number of furan rings is 1. The van der Waals surface area contributed by atoms with Gasteiger partial charge in [0.25, 0.3) is 0 Å². The smallest absolute Gasteiger partial charge is 0.233 e. The van der Waals surface area contributed by atoms with Gasteiger partial charge in [-0.05, 0) is 43.0 Å². The fourth-order valence-corrected chi connectivity index (χ4v) is 4.14. The van der Waals surface area contributed by atoms with Gasteiger partial charge < -0.3 is 18.8 Å².